The number of aromatic nitrogens is 1. The van der Waals surface area contributed by atoms with Crippen LogP contribution in [-0.2, 0) is 29.2 Å². The maximum atomic E-state index is 5.64. The molecule has 2 aromatic rings. The Bertz CT molecular complexity index is 731. The average molecular weight is 405 g/mol. The third-order valence-corrected chi connectivity index (χ3v) is 4.95. The summed E-state index contributed by atoms with van der Waals surface area (Å²) in [5, 5.41) is 9.87. The van der Waals surface area contributed by atoms with Gasteiger partial charge in [0.15, 0.2) is 5.96 Å². The van der Waals surface area contributed by atoms with Crippen molar-refractivity contribution in [2.45, 2.75) is 46.4 Å². The van der Waals surface area contributed by atoms with E-state index in [1.807, 2.05) is 6.92 Å². The van der Waals surface area contributed by atoms with Crippen LogP contribution >= 0.6 is 11.3 Å². The van der Waals surface area contributed by atoms with Crippen LogP contribution in [0.1, 0.15) is 48.5 Å². The van der Waals surface area contributed by atoms with Gasteiger partial charge in [-0.3, -0.25) is 4.99 Å². The number of ether oxygens (including phenoxy) is 2. The minimum Gasteiger partial charge on any atom is -0.379 e. The number of rotatable bonds is 11. The summed E-state index contributed by atoms with van der Waals surface area (Å²) in [5.41, 5.74) is 3.48. The first-order chi connectivity index (χ1) is 13.6. The maximum absolute atomic E-state index is 5.64. The number of nitrogens with zero attached hydrogens (tertiary/aromatic N) is 2. The van der Waals surface area contributed by atoms with Crippen LogP contribution in [0.2, 0.25) is 0 Å². The summed E-state index contributed by atoms with van der Waals surface area (Å²) >= 11 is 1.68. The van der Waals surface area contributed by atoms with E-state index in [0.717, 1.165) is 28.8 Å². The van der Waals surface area contributed by atoms with Gasteiger partial charge in [-0.05, 0) is 24.0 Å². The SMILES string of the molecule is CCOCCOCc1cccc(CNC(=NC)NCc2nc(C(C)C)cs2)c1. The van der Waals surface area contributed by atoms with Crippen molar-refractivity contribution in [3.63, 3.8) is 0 Å². The monoisotopic (exact) mass is 404 g/mol. The molecular weight excluding hydrogens is 372 g/mol. The predicted octanol–water partition coefficient (Wildman–Crippen LogP) is 3.68. The zero-order chi connectivity index (χ0) is 20.2. The van der Waals surface area contributed by atoms with Gasteiger partial charge in [0.25, 0.3) is 0 Å². The molecule has 2 rings (SSSR count). The number of aliphatic imine (C=N–C) groups is 1. The molecule has 0 aliphatic rings. The zero-order valence-corrected chi connectivity index (χ0v) is 18.1. The molecule has 0 aliphatic carbocycles. The van der Waals surface area contributed by atoms with Gasteiger partial charge >= 0.3 is 0 Å². The fraction of sp³-hybridized carbons (Fsp3) is 0.524. The minimum absolute atomic E-state index is 0.456. The number of hydrogen-bond acceptors (Lipinski definition) is 5. The van der Waals surface area contributed by atoms with Crippen LogP contribution in [0.15, 0.2) is 34.6 Å². The van der Waals surface area contributed by atoms with E-state index in [2.05, 4.69) is 64.1 Å². The number of thiazole rings is 1. The molecule has 28 heavy (non-hydrogen) atoms. The summed E-state index contributed by atoms with van der Waals surface area (Å²) < 4.78 is 10.9. The van der Waals surface area contributed by atoms with Gasteiger partial charge in [0.05, 0.1) is 32.1 Å². The molecule has 1 heterocycles. The van der Waals surface area contributed by atoms with Gasteiger partial charge in [-0.1, -0.05) is 38.1 Å². The minimum atomic E-state index is 0.456. The summed E-state index contributed by atoms with van der Waals surface area (Å²) in [6.07, 6.45) is 0. The Morgan fingerprint density at radius 3 is 2.61 bits per heavy atom. The van der Waals surface area contributed by atoms with Gasteiger partial charge in [-0.25, -0.2) is 4.98 Å². The van der Waals surface area contributed by atoms with Crippen LogP contribution in [0, 0.1) is 0 Å². The Labute approximate surface area is 172 Å². The second-order valence-corrected chi connectivity index (χ2v) is 7.61. The Balaban J connectivity index is 1.76. The average Bonchev–Trinajstić information content (AvgIpc) is 3.18. The van der Waals surface area contributed by atoms with Crippen LogP contribution in [-0.4, -0.2) is 37.8 Å². The van der Waals surface area contributed by atoms with Crippen molar-refractivity contribution in [2.75, 3.05) is 26.9 Å². The fourth-order valence-corrected chi connectivity index (χ4v) is 3.41. The molecule has 6 nitrogen and oxygen atoms in total. The number of hydrogen-bond donors (Lipinski definition) is 2. The maximum Gasteiger partial charge on any atom is 0.191 e. The van der Waals surface area contributed by atoms with Crippen LogP contribution in [0.4, 0.5) is 0 Å². The third kappa shape index (κ3) is 7.96. The van der Waals surface area contributed by atoms with E-state index in [-0.39, 0.29) is 0 Å². The fourth-order valence-electron chi connectivity index (χ4n) is 2.52. The number of benzene rings is 1. The summed E-state index contributed by atoms with van der Waals surface area (Å²) in [7, 11) is 1.78. The molecule has 0 aliphatic heterocycles. The smallest absolute Gasteiger partial charge is 0.191 e. The molecule has 0 amide bonds. The molecule has 0 saturated heterocycles. The Morgan fingerprint density at radius 1 is 1.14 bits per heavy atom. The van der Waals surface area contributed by atoms with E-state index >= 15 is 0 Å². The van der Waals surface area contributed by atoms with Crippen LogP contribution in [0.3, 0.4) is 0 Å². The molecule has 154 valence electrons. The molecule has 0 spiro atoms. The Morgan fingerprint density at radius 2 is 1.89 bits per heavy atom. The standard InChI is InChI=1S/C21H32N4O2S/c1-5-26-9-10-27-14-18-8-6-7-17(11-18)12-23-21(22-4)24-13-20-25-19(15-28-20)16(2)3/h6-8,11,15-16H,5,9-10,12-14H2,1-4H3,(H2,22,23,24). The highest BCUT2D eigenvalue weighted by atomic mass is 32.1. The molecule has 2 N–H and O–H groups in total. The summed E-state index contributed by atoms with van der Waals surface area (Å²) in [6.45, 7) is 10.2. The summed E-state index contributed by atoms with van der Waals surface area (Å²) in [5.74, 6) is 1.22. The molecule has 1 aromatic carbocycles. The predicted molar refractivity (Wildman–Crippen MR) is 116 cm³/mol. The van der Waals surface area contributed by atoms with Gasteiger partial charge in [-0.2, -0.15) is 0 Å². The van der Waals surface area contributed by atoms with Crippen LogP contribution in [0.5, 0.6) is 0 Å². The molecule has 1 aromatic heterocycles. The molecular formula is C21H32N4O2S. The molecule has 0 atom stereocenters. The molecule has 0 bridgehead atoms. The van der Waals surface area contributed by atoms with E-state index in [1.54, 1.807) is 18.4 Å². The lowest BCUT2D eigenvalue weighted by Crippen LogP contribution is -2.36. The quantitative estimate of drug-likeness (QED) is 0.340. The van der Waals surface area contributed by atoms with E-state index in [4.69, 9.17) is 9.47 Å². The Kier molecular flexibility index (Phi) is 9.96. The molecule has 0 unspecified atom stereocenters. The van der Waals surface area contributed by atoms with E-state index in [9.17, 15) is 0 Å². The van der Waals surface area contributed by atoms with E-state index < -0.39 is 0 Å². The zero-order valence-electron chi connectivity index (χ0n) is 17.3. The van der Waals surface area contributed by atoms with Crippen molar-refractivity contribution >= 4 is 17.3 Å². The van der Waals surface area contributed by atoms with E-state index in [1.165, 1.54) is 5.56 Å². The van der Waals surface area contributed by atoms with Gasteiger partial charge in [0.2, 0.25) is 0 Å². The first kappa shape index (κ1) is 22.3. The normalized spacial score (nSPS) is 11.8. The third-order valence-electron chi connectivity index (χ3n) is 4.09. The van der Waals surface area contributed by atoms with Crippen molar-refractivity contribution in [2.24, 2.45) is 4.99 Å². The van der Waals surface area contributed by atoms with Crippen molar-refractivity contribution in [3.8, 4) is 0 Å². The highest BCUT2D eigenvalue weighted by Crippen LogP contribution is 2.17. The lowest BCUT2D eigenvalue weighted by molar-refractivity contribution is 0.0453. The van der Waals surface area contributed by atoms with Crippen molar-refractivity contribution in [1.29, 1.82) is 0 Å². The second-order valence-electron chi connectivity index (χ2n) is 6.67. The lowest BCUT2D eigenvalue weighted by atomic mass is 10.1. The first-order valence-corrected chi connectivity index (χ1v) is 10.6. The summed E-state index contributed by atoms with van der Waals surface area (Å²) in [6, 6.07) is 8.37. The molecule has 0 fully saturated rings. The van der Waals surface area contributed by atoms with E-state index in [0.29, 0.717) is 38.8 Å². The van der Waals surface area contributed by atoms with Gasteiger partial charge in [-0.15, -0.1) is 11.3 Å². The molecule has 0 radical (unpaired) electrons. The van der Waals surface area contributed by atoms with Crippen LogP contribution in [0.25, 0.3) is 0 Å². The van der Waals surface area contributed by atoms with Crippen molar-refractivity contribution < 1.29 is 9.47 Å². The summed E-state index contributed by atoms with van der Waals surface area (Å²) in [4.78, 5) is 8.94. The van der Waals surface area contributed by atoms with Crippen molar-refractivity contribution in [1.82, 2.24) is 15.6 Å². The van der Waals surface area contributed by atoms with Gasteiger partial charge in [0.1, 0.15) is 5.01 Å². The second kappa shape index (κ2) is 12.5. The molecule has 7 heteroatoms. The highest BCUT2D eigenvalue weighted by Gasteiger charge is 2.06. The largest absolute Gasteiger partial charge is 0.379 e. The van der Waals surface area contributed by atoms with Crippen LogP contribution < -0.4 is 10.6 Å². The lowest BCUT2D eigenvalue weighted by Gasteiger charge is -2.12. The number of guanidine groups is 1. The van der Waals surface area contributed by atoms with Gasteiger partial charge in [0, 0.05) is 25.6 Å². The number of nitrogens with one attached hydrogen (secondary N) is 2. The topological polar surface area (TPSA) is 67.8 Å². The molecule has 0 saturated carbocycles. The Hall–Kier alpha value is -1.96. The van der Waals surface area contributed by atoms with Gasteiger partial charge < -0.3 is 20.1 Å². The van der Waals surface area contributed by atoms with Crippen molar-refractivity contribution in [3.05, 3.63) is 51.5 Å². The highest BCUT2D eigenvalue weighted by molar-refractivity contribution is 7.09. The first-order valence-electron chi connectivity index (χ1n) is 9.74.